The number of thiocarbonyl (C=S) groups is 1. The third kappa shape index (κ3) is 2.93. The Labute approximate surface area is 118 Å². The van der Waals surface area contributed by atoms with Crippen LogP contribution in [0.1, 0.15) is 36.2 Å². The SMILES string of the molecule is CC1OCCC1(C)NC(=O)c1cccc(C(N)=S)c1. The van der Waals surface area contributed by atoms with Gasteiger partial charge in [0.15, 0.2) is 0 Å². The van der Waals surface area contributed by atoms with E-state index in [9.17, 15) is 4.79 Å². The van der Waals surface area contributed by atoms with Gasteiger partial charge >= 0.3 is 0 Å². The summed E-state index contributed by atoms with van der Waals surface area (Å²) in [6, 6.07) is 7.03. The van der Waals surface area contributed by atoms with Crippen molar-refractivity contribution in [2.75, 3.05) is 6.61 Å². The molecular weight excluding hydrogens is 260 g/mol. The highest BCUT2D eigenvalue weighted by molar-refractivity contribution is 7.80. The molecule has 2 rings (SSSR count). The predicted molar refractivity (Wildman–Crippen MR) is 78.2 cm³/mol. The van der Waals surface area contributed by atoms with E-state index in [0.717, 1.165) is 6.42 Å². The molecule has 1 aliphatic heterocycles. The summed E-state index contributed by atoms with van der Waals surface area (Å²) in [4.78, 5) is 12.6. The Morgan fingerprint density at radius 3 is 2.79 bits per heavy atom. The third-order valence-corrected chi connectivity index (χ3v) is 3.93. The first-order valence-corrected chi connectivity index (χ1v) is 6.67. The summed E-state index contributed by atoms with van der Waals surface area (Å²) in [5.74, 6) is -0.127. The lowest BCUT2D eigenvalue weighted by Gasteiger charge is -2.28. The van der Waals surface area contributed by atoms with Crippen LogP contribution in [0.2, 0.25) is 0 Å². The summed E-state index contributed by atoms with van der Waals surface area (Å²) in [5, 5.41) is 3.04. The van der Waals surface area contributed by atoms with Crippen LogP contribution < -0.4 is 11.1 Å². The van der Waals surface area contributed by atoms with Gasteiger partial charge < -0.3 is 15.8 Å². The topological polar surface area (TPSA) is 64.3 Å². The summed E-state index contributed by atoms with van der Waals surface area (Å²) >= 11 is 4.92. The zero-order chi connectivity index (χ0) is 14.0. The minimum absolute atomic E-state index is 0.00946. The van der Waals surface area contributed by atoms with E-state index in [1.54, 1.807) is 24.3 Å². The molecule has 1 heterocycles. The van der Waals surface area contributed by atoms with Crippen LogP contribution in [0.25, 0.3) is 0 Å². The third-order valence-electron chi connectivity index (χ3n) is 3.69. The van der Waals surface area contributed by atoms with Crippen molar-refractivity contribution in [2.24, 2.45) is 5.73 Å². The Bertz CT molecular complexity index is 518. The Balaban J connectivity index is 2.16. The molecule has 5 heteroatoms. The maximum absolute atomic E-state index is 12.3. The Morgan fingerprint density at radius 2 is 2.21 bits per heavy atom. The number of nitrogens with one attached hydrogen (secondary N) is 1. The maximum Gasteiger partial charge on any atom is 0.251 e. The van der Waals surface area contributed by atoms with E-state index in [2.05, 4.69) is 5.32 Å². The molecule has 19 heavy (non-hydrogen) atoms. The summed E-state index contributed by atoms with van der Waals surface area (Å²) in [5.41, 5.74) is 6.51. The van der Waals surface area contributed by atoms with Gasteiger partial charge in [-0.15, -0.1) is 0 Å². The van der Waals surface area contributed by atoms with Crippen LogP contribution in [0.4, 0.5) is 0 Å². The molecular formula is C14H18N2O2S. The first-order valence-electron chi connectivity index (χ1n) is 6.26. The number of amides is 1. The molecule has 1 aromatic rings. The smallest absolute Gasteiger partial charge is 0.251 e. The van der Waals surface area contributed by atoms with Gasteiger partial charge in [0.05, 0.1) is 11.6 Å². The lowest BCUT2D eigenvalue weighted by Crippen LogP contribution is -2.50. The lowest BCUT2D eigenvalue weighted by molar-refractivity contribution is 0.0727. The van der Waals surface area contributed by atoms with Gasteiger partial charge in [-0.25, -0.2) is 0 Å². The van der Waals surface area contributed by atoms with E-state index >= 15 is 0 Å². The number of carbonyl (C=O) groups excluding carboxylic acids is 1. The van der Waals surface area contributed by atoms with Gasteiger partial charge in [-0.3, -0.25) is 4.79 Å². The molecule has 1 aliphatic rings. The molecule has 0 radical (unpaired) electrons. The fourth-order valence-corrected chi connectivity index (χ4v) is 2.27. The molecule has 2 unspecified atom stereocenters. The first-order chi connectivity index (χ1) is 8.92. The molecule has 0 aliphatic carbocycles. The van der Waals surface area contributed by atoms with Crippen LogP contribution in [0, 0.1) is 0 Å². The summed E-state index contributed by atoms with van der Waals surface area (Å²) < 4.78 is 5.51. The van der Waals surface area contributed by atoms with E-state index in [-0.39, 0.29) is 17.6 Å². The van der Waals surface area contributed by atoms with Crippen molar-refractivity contribution in [1.82, 2.24) is 5.32 Å². The van der Waals surface area contributed by atoms with Gasteiger partial charge in [0.1, 0.15) is 4.99 Å². The Hall–Kier alpha value is -1.46. The second kappa shape index (κ2) is 5.27. The second-order valence-electron chi connectivity index (χ2n) is 5.08. The van der Waals surface area contributed by atoms with Gasteiger partial charge in [0.2, 0.25) is 0 Å². The van der Waals surface area contributed by atoms with Crippen molar-refractivity contribution in [3.8, 4) is 0 Å². The summed E-state index contributed by atoms with van der Waals surface area (Å²) in [6.07, 6.45) is 0.824. The van der Waals surface area contributed by atoms with Crippen LogP contribution in [0.15, 0.2) is 24.3 Å². The zero-order valence-electron chi connectivity index (χ0n) is 11.1. The minimum Gasteiger partial charge on any atom is -0.389 e. The van der Waals surface area contributed by atoms with E-state index in [4.69, 9.17) is 22.7 Å². The molecule has 4 nitrogen and oxygen atoms in total. The van der Waals surface area contributed by atoms with Crippen molar-refractivity contribution in [2.45, 2.75) is 31.9 Å². The number of rotatable bonds is 3. The van der Waals surface area contributed by atoms with E-state index in [0.29, 0.717) is 22.7 Å². The standard InChI is InChI=1S/C14H18N2O2S/c1-9-14(2,6-7-18-9)16-13(17)11-5-3-4-10(8-11)12(15)19/h3-5,8-9H,6-7H2,1-2H3,(H2,15,19)(H,16,17). The molecule has 102 valence electrons. The maximum atomic E-state index is 12.3. The highest BCUT2D eigenvalue weighted by Crippen LogP contribution is 2.25. The normalized spacial score (nSPS) is 26.1. The number of hydrogen-bond acceptors (Lipinski definition) is 3. The monoisotopic (exact) mass is 278 g/mol. The molecule has 0 spiro atoms. The first kappa shape index (κ1) is 14.0. The number of ether oxygens (including phenoxy) is 1. The molecule has 0 aromatic heterocycles. The summed E-state index contributed by atoms with van der Waals surface area (Å²) in [7, 11) is 0. The average Bonchev–Trinajstić information content (AvgIpc) is 2.69. The highest BCUT2D eigenvalue weighted by Gasteiger charge is 2.38. The molecule has 1 aromatic carbocycles. The lowest BCUT2D eigenvalue weighted by atomic mass is 9.94. The number of hydrogen-bond donors (Lipinski definition) is 2. The molecule has 1 saturated heterocycles. The Kier molecular flexibility index (Phi) is 3.87. The van der Waals surface area contributed by atoms with Crippen LogP contribution in [-0.4, -0.2) is 29.1 Å². The van der Waals surface area contributed by atoms with Crippen molar-refractivity contribution in [3.63, 3.8) is 0 Å². The van der Waals surface area contributed by atoms with Gasteiger partial charge in [-0.2, -0.15) is 0 Å². The van der Waals surface area contributed by atoms with Gasteiger partial charge in [0.25, 0.3) is 5.91 Å². The fraction of sp³-hybridized carbons (Fsp3) is 0.429. The fourth-order valence-electron chi connectivity index (χ4n) is 2.14. The minimum atomic E-state index is -0.323. The highest BCUT2D eigenvalue weighted by atomic mass is 32.1. The van der Waals surface area contributed by atoms with E-state index < -0.39 is 0 Å². The number of benzene rings is 1. The van der Waals surface area contributed by atoms with Crippen LogP contribution >= 0.6 is 12.2 Å². The second-order valence-corrected chi connectivity index (χ2v) is 5.52. The van der Waals surface area contributed by atoms with Crippen molar-refractivity contribution < 1.29 is 9.53 Å². The quantitative estimate of drug-likeness (QED) is 0.825. The van der Waals surface area contributed by atoms with Gasteiger partial charge in [0, 0.05) is 17.7 Å². The predicted octanol–water partition coefficient (Wildman–Crippen LogP) is 1.62. The zero-order valence-corrected chi connectivity index (χ0v) is 11.9. The molecule has 2 atom stereocenters. The number of carbonyl (C=O) groups is 1. The van der Waals surface area contributed by atoms with Crippen molar-refractivity contribution >= 4 is 23.1 Å². The van der Waals surface area contributed by atoms with Crippen LogP contribution in [0.3, 0.4) is 0 Å². The van der Waals surface area contributed by atoms with Gasteiger partial charge in [-0.05, 0) is 32.4 Å². The number of nitrogens with two attached hydrogens (primary N) is 1. The van der Waals surface area contributed by atoms with Crippen LogP contribution in [0.5, 0.6) is 0 Å². The molecule has 1 fully saturated rings. The molecule has 0 saturated carbocycles. The molecule has 0 bridgehead atoms. The van der Waals surface area contributed by atoms with E-state index in [1.807, 2.05) is 13.8 Å². The average molecular weight is 278 g/mol. The van der Waals surface area contributed by atoms with Crippen molar-refractivity contribution in [3.05, 3.63) is 35.4 Å². The van der Waals surface area contributed by atoms with Gasteiger partial charge in [-0.1, -0.05) is 24.4 Å². The summed E-state index contributed by atoms with van der Waals surface area (Å²) in [6.45, 7) is 4.64. The molecule has 1 amide bonds. The molecule has 3 N–H and O–H groups in total. The van der Waals surface area contributed by atoms with Crippen molar-refractivity contribution in [1.29, 1.82) is 0 Å². The Morgan fingerprint density at radius 1 is 1.53 bits per heavy atom. The largest absolute Gasteiger partial charge is 0.389 e. The van der Waals surface area contributed by atoms with Crippen LogP contribution in [-0.2, 0) is 4.74 Å². The van der Waals surface area contributed by atoms with E-state index in [1.165, 1.54) is 0 Å².